The summed E-state index contributed by atoms with van der Waals surface area (Å²) >= 11 is 0. The van der Waals surface area contributed by atoms with Crippen molar-refractivity contribution in [1.82, 2.24) is 5.32 Å². The molecule has 0 heterocycles. The van der Waals surface area contributed by atoms with Crippen LogP contribution in [-0.4, -0.2) is 12.6 Å². The first kappa shape index (κ1) is 10.3. The van der Waals surface area contributed by atoms with Gasteiger partial charge in [0.2, 0.25) is 0 Å². The van der Waals surface area contributed by atoms with Crippen LogP contribution in [0.25, 0.3) is 0 Å². The molecule has 2 fully saturated rings. The van der Waals surface area contributed by atoms with Crippen LogP contribution in [0.1, 0.15) is 31.2 Å². The zero-order valence-electron chi connectivity index (χ0n) is 9.86. The molecule has 2 saturated carbocycles. The highest BCUT2D eigenvalue weighted by atomic mass is 14.9. The van der Waals surface area contributed by atoms with Gasteiger partial charge in [0.25, 0.3) is 0 Å². The van der Waals surface area contributed by atoms with Gasteiger partial charge in [-0.15, -0.1) is 0 Å². The molecular formula is C15H21N. The van der Waals surface area contributed by atoms with Gasteiger partial charge in [-0.05, 0) is 56.0 Å². The van der Waals surface area contributed by atoms with Gasteiger partial charge in [0.1, 0.15) is 0 Å². The minimum Gasteiger partial charge on any atom is -0.314 e. The molecule has 1 aromatic rings. The molecule has 2 aliphatic carbocycles. The highest BCUT2D eigenvalue weighted by molar-refractivity contribution is 5.16. The van der Waals surface area contributed by atoms with Gasteiger partial charge in [-0.2, -0.15) is 0 Å². The van der Waals surface area contributed by atoms with Crippen LogP contribution in [-0.2, 0) is 6.42 Å². The Morgan fingerprint density at radius 2 is 1.69 bits per heavy atom. The van der Waals surface area contributed by atoms with Crippen LogP contribution >= 0.6 is 0 Å². The van der Waals surface area contributed by atoms with Gasteiger partial charge in [-0.3, -0.25) is 0 Å². The van der Waals surface area contributed by atoms with Crippen LogP contribution in [0.15, 0.2) is 30.3 Å². The summed E-state index contributed by atoms with van der Waals surface area (Å²) in [6.45, 7) is 1.27. The van der Waals surface area contributed by atoms with Crippen molar-refractivity contribution in [3.63, 3.8) is 0 Å². The van der Waals surface area contributed by atoms with Gasteiger partial charge in [0.15, 0.2) is 0 Å². The molecule has 2 aliphatic rings. The molecule has 86 valence electrons. The second-order valence-electron chi connectivity index (χ2n) is 5.47. The first-order chi connectivity index (χ1) is 7.92. The standard InChI is InChI=1S/C15H21N/c1-2-4-12(5-3-1)10-13-6-7-14(13)11-16-15-8-9-15/h1-5,13-16H,6-11H2. The quantitative estimate of drug-likeness (QED) is 0.796. The van der Waals surface area contributed by atoms with Crippen molar-refractivity contribution in [2.45, 2.75) is 38.1 Å². The van der Waals surface area contributed by atoms with E-state index in [4.69, 9.17) is 0 Å². The summed E-state index contributed by atoms with van der Waals surface area (Å²) in [7, 11) is 0. The third-order valence-electron chi connectivity index (χ3n) is 4.16. The summed E-state index contributed by atoms with van der Waals surface area (Å²) in [5, 5.41) is 3.67. The van der Waals surface area contributed by atoms with Crippen LogP contribution in [0.5, 0.6) is 0 Å². The number of hydrogen-bond donors (Lipinski definition) is 1. The maximum absolute atomic E-state index is 3.67. The van der Waals surface area contributed by atoms with Gasteiger partial charge >= 0.3 is 0 Å². The van der Waals surface area contributed by atoms with E-state index in [1.54, 1.807) is 0 Å². The molecule has 0 bridgehead atoms. The molecule has 3 rings (SSSR count). The summed E-state index contributed by atoms with van der Waals surface area (Å²) in [5.41, 5.74) is 1.52. The van der Waals surface area contributed by atoms with E-state index in [0.29, 0.717) is 0 Å². The van der Waals surface area contributed by atoms with E-state index in [1.165, 1.54) is 44.2 Å². The third kappa shape index (κ3) is 2.46. The Labute approximate surface area is 98.3 Å². The van der Waals surface area contributed by atoms with Gasteiger partial charge < -0.3 is 5.32 Å². The first-order valence-electron chi connectivity index (χ1n) is 6.69. The lowest BCUT2D eigenvalue weighted by atomic mass is 9.70. The number of rotatable bonds is 5. The van der Waals surface area contributed by atoms with E-state index in [2.05, 4.69) is 35.6 Å². The van der Waals surface area contributed by atoms with Crippen LogP contribution in [0, 0.1) is 11.8 Å². The SMILES string of the molecule is c1ccc(CC2CCC2CNC2CC2)cc1. The third-order valence-corrected chi connectivity index (χ3v) is 4.16. The Bertz CT molecular complexity index is 329. The Morgan fingerprint density at radius 1 is 0.938 bits per heavy atom. The van der Waals surface area contributed by atoms with Crippen molar-refractivity contribution in [2.75, 3.05) is 6.54 Å². The fraction of sp³-hybridized carbons (Fsp3) is 0.600. The lowest BCUT2D eigenvalue weighted by Gasteiger charge is -2.37. The minimum atomic E-state index is 0.873. The molecular weight excluding hydrogens is 194 g/mol. The second kappa shape index (κ2) is 4.58. The molecule has 2 atom stereocenters. The molecule has 1 N–H and O–H groups in total. The summed E-state index contributed by atoms with van der Waals surface area (Å²) < 4.78 is 0. The lowest BCUT2D eigenvalue weighted by molar-refractivity contribution is 0.170. The number of nitrogens with one attached hydrogen (secondary N) is 1. The minimum absolute atomic E-state index is 0.873. The monoisotopic (exact) mass is 215 g/mol. The molecule has 1 aromatic carbocycles. The predicted octanol–water partition coefficient (Wildman–Crippen LogP) is 3.01. The topological polar surface area (TPSA) is 12.0 Å². The first-order valence-corrected chi connectivity index (χ1v) is 6.69. The molecule has 16 heavy (non-hydrogen) atoms. The Kier molecular flexibility index (Phi) is 2.96. The fourth-order valence-corrected chi connectivity index (χ4v) is 2.70. The highest BCUT2D eigenvalue weighted by Gasteiger charge is 2.32. The Hall–Kier alpha value is -0.820. The zero-order valence-corrected chi connectivity index (χ0v) is 9.86. The number of hydrogen-bond acceptors (Lipinski definition) is 1. The molecule has 0 spiro atoms. The van der Waals surface area contributed by atoms with Gasteiger partial charge in [0.05, 0.1) is 0 Å². The lowest BCUT2D eigenvalue weighted by Crippen LogP contribution is -2.37. The fourth-order valence-electron chi connectivity index (χ4n) is 2.70. The van der Waals surface area contributed by atoms with Gasteiger partial charge in [0, 0.05) is 6.04 Å². The van der Waals surface area contributed by atoms with E-state index in [1.807, 2.05) is 0 Å². The Morgan fingerprint density at radius 3 is 2.31 bits per heavy atom. The van der Waals surface area contributed by atoms with Crippen LogP contribution < -0.4 is 5.32 Å². The van der Waals surface area contributed by atoms with E-state index in [-0.39, 0.29) is 0 Å². The summed E-state index contributed by atoms with van der Waals surface area (Å²) in [6, 6.07) is 11.8. The number of benzene rings is 1. The maximum Gasteiger partial charge on any atom is 0.00683 e. The zero-order chi connectivity index (χ0) is 10.8. The normalized spacial score (nSPS) is 28.8. The van der Waals surface area contributed by atoms with Crippen molar-refractivity contribution >= 4 is 0 Å². The van der Waals surface area contributed by atoms with E-state index in [9.17, 15) is 0 Å². The average molecular weight is 215 g/mol. The molecule has 0 radical (unpaired) electrons. The van der Waals surface area contributed by atoms with Crippen LogP contribution in [0.3, 0.4) is 0 Å². The van der Waals surface area contributed by atoms with E-state index >= 15 is 0 Å². The molecule has 0 aliphatic heterocycles. The van der Waals surface area contributed by atoms with Crippen molar-refractivity contribution in [3.05, 3.63) is 35.9 Å². The molecule has 0 saturated heterocycles. The smallest absolute Gasteiger partial charge is 0.00683 e. The molecule has 1 nitrogen and oxygen atoms in total. The maximum atomic E-state index is 3.67. The van der Waals surface area contributed by atoms with Crippen molar-refractivity contribution in [2.24, 2.45) is 11.8 Å². The van der Waals surface area contributed by atoms with E-state index in [0.717, 1.165) is 17.9 Å². The second-order valence-corrected chi connectivity index (χ2v) is 5.47. The summed E-state index contributed by atoms with van der Waals surface area (Å²) in [5.74, 6) is 1.88. The van der Waals surface area contributed by atoms with Gasteiger partial charge in [-0.1, -0.05) is 30.3 Å². The van der Waals surface area contributed by atoms with Crippen molar-refractivity contribution in [1.29, 1.82) is 0 Å². The summed E-state index contributed by atoms with van der Waals surface area (Å²) in [4.78, 5) is 0. The average Bonchev–Trinajstić information content (AvgIpc) is 3.10. The molecule has 2 unspecified atom stereocenters. The summed E-state index contributed by atoms with van der Waals surface area (Å²) in [6.07, 6.45) is 6.99. The van der Waals surface area contributed by atoms with Crippen molar-refractivity contribution < 1.29 is 0 Å². The van der Waals surface area contributed by atoms with Gasteiger partial charge in [-0.25, -0.2) is 0 Å². The van der Waals surface area contributed by atoms with E-state index < -0.39 is 0 Å². The van der Waals surface area contributed by atoms with Crippen LogP contribution in [0.2, 0.25) is 0 Å². The largest absolute Gasteiger partial charge is 0.314 e. The molecule has 0 aromatic heterocycles. The Balaban J connectivity index is 1.47. The predicted molar refractivity (Wildman–Crippen MR) is 67.4 cm³/mol. The van der Waals surface area contributed by atoms with Crippen LogP contribution in [0.4, 0.5) is 0 Å². The molecule has 0 amide bonds. The van der Waals surface area contributed by atoms with Crippen molar-refractivity contribution in [3.8, 4) is 0 Å². The molecule has 1 heteroatoms. The highest BCUT2D eigenvalue weighted by Crippen LogP contribution is 2.36.